The summed E-state index contributed by atoms with van der Waals surface area (Å²) < 4.78 is 41.8. The molecule has 1 atom stereocenters. The summed E-state index contributed by atoms with van der Waals surface area (Å²) in [7, 11) is -3.43. The third-order valence-corrected chi connectivity index (χ3v) is 8.63. The van der Waals surface area contributed by atoms with E-state index in [1.807, 2.05) is 0 Å². The Hall–Kier alpha value is -2.34. The molecule has 0 aromatic carbocycles. The van der Waals surface area contributed by atoms with Crippen LogP contribution in [-0.4, -0.2) is 57.2 Å². The van der Waals surface area contributed by atoms with Crippen molar-refractivity contribution in [3.05, 3.63) is 35.5 Å². The monoisotopic (exact) mass is 493 g/mol. The lowest BCUT2D eigenvalue weighted by molar-refractivity contribution is 0.434. The van der Waals surface area contributed by atoms with Gasteiger partial charge in [-0.15, -0.1) is 0 Å². The lowest BCUT2D eigenvalue weighted by Gasteiger charge is -2.27. The molecule has 12 heteroatoms. The predicted octanol–water partition coefficient (Wildman–Crippen LogP) is 3.11. The molecule has 4 N–H and O–H groups in total. The van der Waals surface area contributed by atoms with Crippen molar-refractivity contribution < 1.29 is 12.8 Å². The quantitative estimate of drug-likeness (QED) is 0.450. The summed E-state index contributed by atoms with van der Waals surface area (Å²) in [5, 5.41) is 4.09. The Morgan fingerprint density at radius 3 is 2.88 bits per heavy atom. The zero-order valence-electron chi connectivity index (χ0n) is 17.9. The van der Waals surface area contributed by atoms with Crippen molar-refractivity contribution in [1.82, 2.24) is 24.2 Å². The van der Waals surface area contributed by atoms with Crippen LogP contribution in [0.2, 0.25) is 5.02 Å². The van der Waals surface area contributed by atoms with E-state index in [2.05, 4.69) is 25.3 Å². The zero-order valence-corrected chi connectivity index (χ0v) is 19.5. The number of sulfonamides is 1. The molecule has 33 heavy (non-hydrogen) atoms. The van der Waals surface area contributed by atoms with E-state index in [1.54, 1.807) is 12.3 Å². The molecule has 0 bridgehead atoms. The Balaban J connectivity index is 1.36. The summed E-state index contributed by atoms with van der Waals surface area (Å²) in [6.45, 7) is 0.332. The van der Waals surface area contributed by atoms with Crippen LogP contribution >= 0.6 is 11.6 Å². The van der Waals surface area contributed by atoms with Gasteiger partial charge in [0.05, 0.1) is 23.5 Å². The van der Waals surface area contributed by atoms with Gasteiger partial charge < -0.3 is 16.0 Å². The topological polar surface area (TPSA) is 130 Å². The van der Waals surface area contributed by atoms with Crippen LogP contribution in [0.15, 0.2) is 24.7 Å². The van der Waals surface area contributed by atoms with Crippen LogP contribution in [0.4, 0.5) is 10.2 Å². The number of hydrogen-bond donors (Lipinski definition) is 3. The van der Waals surface area contributed by atoms with Crippen molar-refractivity contribution in [2.45, 2.75) is 37.8 Å². The first kappa shape index (κ1) is 22.5. The molecule has 2 aliphatic rings. The molecule has 176 valence electrons. The molecule has 0 unspecified atom stereocenters. The molecule has 1 saturated heterocycles. The molecule has 1 aliphatic carbocycles. The van der Waals surface area contributed by atoms with E-state index in [1.165, 1.54) is 10.5 Å². The second kappa shape index (κ2) is 8.46. The van der Waals surface area contributed by atoms with E-state index >= 15 is 0 Å². The Kier molecular flexibility index (Phi) is 5.76. The van der Waals surface area contributed by atoms with Crippen molar-refractivity contribution in [1.29, 1.82) is 0 Å². The molecule has 0 spiro atoms. The molecule has 1 aliphatic heterocycles. The average Bonchev–Trinajstić information content (AvgIpc) is 3.50. The van der Waals surface area contributed by atoms with Crippen molar-refractivity contribution in [3.63, 3.8) is 0 Å². The van der Waals surface area contributed by atoms with Gasteiger partial charge in [-0.1, -0.05) is 24.4 Å². The summed E-state index contributed by atoms with van der Waals surface area (Å²) in [6, 6.07) is 1.73. The number of hydrogen-bond acceptors (Lipinski definition) is 7. The summed E-state index contributed by atoms with van der Waals surface area (Å²) in [5.74, 6) is -0.140. The van der Waals surface area contributed by atoms with Gasteiger partial charge in [0.15, 0.2) is 17.5 Å². The number of nitrogens with zero attached hydrogens (tertiary/aromatic N) is 4. The summed E-state index contributed by atoms with van der Waals surface area (Å²) >= 11 is 6.07. The SMILES string of the molecule is N[C@]1(Nc2nc(-c3c[nH]c4ncc(Cl)cc34)ncc2F)CCN(S(=O)(=O)CC2CCCC2)C1. The van der Waals surface area contributed by atoms with Crippen molar-refractivity contribution >= 4 is 38.5 Å². The Morgan fingerprint density at radius 2 is 2.09 bits per heavy atom. The highest BCUT2D eigenvalue weighted by atomic mass is 35.5. The molecule has 1 saturated carbocycles. The molecular weight excluding hydrogens is 469 g/mol. The van der Waals surface area contributed by atoms with Crippen molar-refractivity contribution in [2.24, 2.45) is 11.7 Å². The first-order valence-corrected chi connectivity index (χ1v) is 12.9. The van der Waals surface area contributed by atoms with Gasteiger partial charge in [-0.05, 0) is 31.2 Å². The zero-order chi connectivity index (χ0) is 23.2. The number of halogens is 2. The Bertz CT molecular complexity index is 1300. The highest BCUT2D eigenvalue weighted by Gasteiger charge is 2.41. The fourth-order valence-corrected chi connectivity index (χ4v) is 6.79. The normalized spacial score (nSPS) is 22.4. The number of aromatic nitrogens is 4. The van der Waals surface area contributed by atoms with Crippen LogP contribution in [0.5, 0.6) is 0 Å². The summed E-state index contributed by atoms with van der Waals surface area (Å²) in [4.78, 5) is 15.7. The number of rotatable bonds is 6. The number of pyridine rings is 1. The largest absolute Gasteiger partial charge is 0.348 e. The standard InChI is InChI=1S/C21H25ClFN7O2S/c22-14-7-15-16(9-26-18(15)25-8-14)19-27-10-17(23)20(28-19)29-21(24)5-6-30(12-21)33(31,32)11-13-3-1-2-4-13/h7-10,13H,1-6,11-12,24H2,(H,25,26)(H,27,28,29)/t21-/m0/s1. The number of nitrogens with two attached hydrogens (primary N) is 1. The number of aromatic amines is 1. The number of H-pyrrole nitrogens is 1. The van der Waals surface area contributed by atoms with Gasteiger partial charge in [0.25, 0.3) is 0 Å². The van der Waals surface area contributed by atoms with Crippen LogP contribution < -0.4 is 11.1 Å². The fourth-order valence-electron chi connectivity index (χ4n) is 4.70. The van der Waals surface area contributed by atoms with Gasteiger partial charge in [0.1, 0.15) is 11.3 Å². The maximum atomic E-state index is 14.6. The van der Waals surface area contributed by atoms with E-state index < -0.39 is 21.5 Å². The number of anilines is 1. The lowest BCUT2D eigenvalue weighted by atomic mass is 10.1. The van der Waals surface area contributed by atoms with Gasteiger partial charge in [0.2, 0.25) is 10.0 Å². The molecule has 3 aromatic heterocycles. The molecule has 3 aromatic rings. The minimum atomic E-state index is -3.43. The molecule has 9 nitrogen and oxygen atoms in total. The average molecular weight is 494 g/mol. The second-order valence-corrected chi connectivity index (χ2v) is 11.4. The van der Waals surface area contributed by atoms with Gasteiger partial charge in [-0.2, -0.15) is 4.31 Å². The van der Waals surface area contributed by atoms with Gasteiger partial charge in [0, 0.05) is 29.9 Å². The van der Waals surface area contributed by atoms with Crippen molar-refractivity contribution in [2.75, 3.05) is 24.2 Å². The van der Waals surface area contributed by atoms with Gasteiger partial charge >= 0.3 is 0 Å². The number of fused-ring (bicyclic) bond motifs is 1. The molecular formula is C21H25ClFN7O2S. The Morgan fingerprint density at radius 1 is 1.30 bits per heavy atom. The third kappa shape index (κ3) is 4.54. The maximum absolute atomic E-state index is 14.6. The smallest absolute Gasteiger partial charge is 0.214 e. The molecule has 2 fully saturated rings. The number of nitrogens with one attached hydrogen (secondary N) is 2. The minimum Gasteiger partial charge on any atom is -0.348 e. The Labute approximate surface area is 196 Å². The molecule has 5 rings (SSSR count). The summed E-state index contributed by atoms with van der Waals surface area (Å²) in [6.07, 6.45) is 8.65. The van der Waals surface area contributed by atoms with E-state index in [-0.39, 0.29) is 36.4 Å². The lowest BCUT2D eigenvalue weighted by Crippen LogP contribution is -2.51. The fraction of sp³-hybridized carbons (Fsp3) is 0.476. The van der Waals surface area contributed by atoms with E-state index in [0.717, 1.165) is 31.9 Å². The first-order chi connectivity index (χ1) is 15.7. The van der Waals surface area contributed by atoms with E-state index in [0.29, 0.717) is 28.0 Å². The van der Waals surface area contributed by atoms with Crippen LogP contribution in [-0.2, 0) is 10.0 Å². The van der Waals surface area contributed by atoms with Gasteiger partial charge in [-0.3, -0.25) is 0 Å². The first-order valence-electron chi connectivity index (χ1n) is 10.9. The van der Waals surface area contributed by atoms with Crippen LogP contribution in [0, 0.1) is 11.7 Å². The van der Waals surface area contributed by atoms with E-state index in [4.69, 9.17) is 17.3 Å². The summed E-state index contributed by atoms with van der Waals surface area (Å²) in [5.41, 5.74) is 6.53. The second-order valence-electron chi connectivity index (χ2n) is 8.94. The predicted molar refractivity (Wildman–Crippen MR) is 125 cm³/mol. The van der Waals surface area contributed by atoms with Crippen molar-refractivity contribution in [3.8, 4) is 11.4 Å². The van der Waals surface area contributed by atoms with Crippen LogP contribution in [0.1, 0.15) is 32.1 Å². The maximum Gasteiger partial charge on any atom is 0.214 e. The van der Waals surface area contributed by atoms with E-state index in [9.17, 15) is 12.8 Å². The third-order valence-electron chi connectivity index (χ3n) is 6.43. The highest BCUT2D eigenvalue weighted by Crippen LogP contribution is 2.31. The molecule has 0 amide bonds. The molecule has 0 radical (unpaired) electrons. The highest BCUT2D eigenvalue weighted by molar-refractivity contribution is 7.89. The van der Waals surface area contributed by atoms with Crippen LogP contribution in [0.25, 0.3) is 22.4 Å². The minimum absolute atomic E-state index is 0.0491. The van der Waals surface area contributed by atoms with Crippen LogP contribution in [0.3, 0.4) is 0 Å². The molecule has 4 heterocycles. The van der Waals surface area contributed by atoms with Gasteiger partial charge in [-0.25, -0.2) is 27.8 Å².